The molecule has 2 fully saturated rings. The summed E-state index contributed by atoms with van der Waals surface area (Å²) in [7, 11) is -4.07. The van der Waals surface area contributed by atoms with Crippen LogP contribution >= 0.6 is 0 Å². The van der Waals surface area contributed by atoms with Crippen LogP contribution < -0.4 is 15.7 Å². The molecule has 2 saturated heterocycles. The lowest BCUT2D eigenvalue weighted by atomic mass is 9.96. The predicted molar refractivity (Wildman–Crippen MR) is 113 cm³/mol. The van der Waals surface area contributed by atoms with E-state index in [-0.39, 0.29) is 25.9 Å². The molecule has 3 N–H and O–H groups in total. The highest BCUT2D eigenvalue weighted by atomic mass is 32.2. The fourth-order valence-electron chi connectivity index (χ4n) is 4.28. The van der Waals surface area contributed by atoms with Gasteiger partial charge in [0.15, 0.2) is 4.75 Å². The summed E-state index contributed by atoms with van der Waals surface area (Å²) >= 11 is 0. The first kappa shape index (κ1) is 26.6. The maximum Gasteiger partial charge on any atom is 0.453 e. The van der Waals surface area contributed by atoms with Crippen LogP contribution in [0.5, 0.6) is 0 Å². The van der Waals surface area contributed by atoms with Gasteiger partial charge in [0, 0.05) is 38.3 Å². The topological polar surface area (TPSA) is 102 Å². The second kappa shape index (κ2) is 9.91. The molecule has 2 aliphatic heterocycles. The van der Waals surface area contributed by atoms with E-state index >= 15 is 0 Å². The fraction of sp³-hybridized carbons (Fsp3) is 0.650. The number of anilines is 1. The highest BCUT2D eigenvalue weighted by Gasteiger charge is 2.56. The monoisotopic (exact) mass is 514 g/mol. The van der Waals surface area contributed by atoms with Gasteiger partial charge in [0.1, 0.15) is 0 Å². The minimum absolute atomic E-state index is 0.0246. The zero-order chi connectivity index (χ0) is 25.2. The Morgan fingerprint density at radius 3 is 2.09 bits per heavy atom. The molecule has 8 nitrogen and oxygen atoms in total. The van der Waals surface area contributed by atoms with Crippen molar-refractivity contribution in [3.8, 4) is 0 Å². The van der Waals surface area contributed by atoms with Crippen molar-refractivity contribution in [2.75, 3.05) is 44.2 Å². The molecule has 192 valence electrons. The van der Waals surface area contributed by atoms with Crippen LogP contribution in [0.2, 0.25) is 0 Å². The molecule has 1 aromatic carbocycles. The second-order valence-corrected chi connectivity index (χ2v) is 10.7. The van der Waals surface area contributed by atoms with Crippen LogP contribution in [0.3, 0.4) is 0 Å². The van der Waals surface area contributed by atoms with E-state index in [1.807, 2.05) is 4.90 Å². The quantitative estimate of drug-likeness (QED) is 0.292. The number of sulfonamides is 1. The van der Waals surface area contributed by atoms with Crippen LogP contribution in [0.4, 0.5) is 27.6 Å². The molecule has 0 radical (unpaired) electrons. The van der Waals surface area contributed by atoms with Crippen LogP contribution in [0.1, 0.15) is 24.8 Å². The first-order valence-electron chi connectivity index (χ1n) is 10.8. The van der Waals surface area contributed by atoms with Crippen molar-refractivity contribution in [2.24, 2.45) is 0 Å². The van der Waals surface area contributed by atoms with Crippen LogP contribution in [-0.2, 0) is 21.2 Å². The Labute approximate surface area is 194 Å². The standard InChI is InChI=1S/C20H27F5N4O4S/c21-19(22,20(23,24)25)6-5-15-1-3-16(4-2-15)28-11-13-29(14-12-28)34(32,33)18(17(30)27-31)7-9-26-10-8-18/h1-4,26,31H,5-14H2,(H,27,30). The van der Waals surface area contributed by atoms with Gasteiger partial charge in [-0.25, -0.2) is 13.9 Å². The second-order valence-electron chi connectivity index (χ2n) is 8.45. The SMILES string of the molecule is O=C(NO)C1(S(=O)(=O)N2CCN(c3ccc(CCC(F)(F)C(F)(F)F)cc3)CC2)CCNCC1. The molecule has 0 aliphatic carbocycles. The van der Waals surface area contributed by atoms with Crippen molar-refractivity contribution >= 4 is 21.6 Å². The number of piperidine rings is 1. The zero-order valence-electron chi connectivity index (χ0n) is 18.2. The van der Waals surface area contributed by atoms with Crippen molar-refractivity contribution in [3.05, 3.63) is 29.8 Å². The number of benzene rings is 1. The van der Waals surface area contributed by atoms with E-state index in [0.29, 0.717) is 37.4 Å². The van der Waals surface area contributed by atoms with Gasteiger partial charge in [-0.2, -0.15) is 26.3 Å². The lowest BCUT2D eigenvalue weighted by Crippen LogP contribution is -2.63. The largest absolute Gasteiger partial charge is 0.453 e. The van der Waals surface area contributed by atoms with Crippen LogP contribution in [-0.4, -0.2) is 80.0 Å². The minimum Gasteiger partial charge on any atom is -0.369 e. The van der Waals surface area contributed by atoms with Crippen LogP contribution in [0.25, 0.3) is 0 Å². The number of nitrogens with zero attached hydrogens (tertiary/aromatic N) is 2. The predicted octanol–water partition coefficient (Wildman–Crippen LogP) is 1.90. The lowest BCUT2D eigenvalue weighted by Gasteiger charge is -2.42. The molecule has 0 spiro atoms. The molecular weight excluding hydrogens is 487 g/mol. The van der Waals surface area contributed by atoms with Gasteiger partial charge in [-0.3, -0.25) is 10.0 Å². The highest BCUT2D eigenvalue weighted by Crippen LogP contribution is 2.39. The first-order chi connectivity index (χ1) is 15.8. The number of rotatable bonds is 7. The number of halogens is 5. The molecule has 2 heterocycles. The molecule has 34 heavy (non-hydrogen) atoms. The Morgan fingerprint density at radius 2 is 1.59 bits per heavy atom. The Balaban J connectivity index is 1.63. The zero-order valence-corrected chi connectivity index (χ0v) is 19.1. The number of carbonyl (C=O) groups is 1. The fourth-order valence-corrected chi connectivity index (χ4v) is 6.42. The molecule has 0 bridgehead atoms. The number of aryl methyl sites for hydroxylation is 1. The normalized spacial score (nSPS) is 20.2. The average Bonchev–Trinajstić information content (AvgIpc) is 2.82. The highest BCUT2D eigenvalue weighted by molar-refractivity contribution is 7.91. The molecule has 1 amide bonds. The summed E-state index contributed by atoms with van der Waals surface area (Å²) in [5.41, 5.74) is 2.50. The molecule has 3 rings (SSSR count). The third kappa shape index (κ3) is 5.14. The van der Waals surface area contributed by atoms with Crippen molar-refractivity contribution in [1.82, 2.24) is 15.1 Å². The molecule has 0 aromatic heterocycles. The summed E-state index contributed by atoms with van der Waals surface area (Å²) in [6, 6.07) is 6.14. The van der Waals surface area contributed by atoms with Gasteiger partial charge in [0.05, 0.1) is 0 Å². The van der Waals surface area contributed by atoms with E-state index < -0.39 is 45.6 Å². The van der Waals surface area contributed by atoms with E-state index in [0.717, 1.165) is 0 Å². The summed E-state index contributed by atoms with van der Waals surface area (Å²) in [4.78, 5) is 14.2. The lowest BCUT2D eigenvalue weighted by molar-refractivity contribution is -0.284. The molecule has 0 unspecified atom stereocenters. The summed E-state index contributed by atoms with van der Waals surface area (Å²) < 4.78 is 89.4. The third-order valence-corrected chi connectivity index (χ3v) is 9.07. The van der Waals surface area contributed by atoms with E-state index in [1.54, 1.807) is 12.1 Å². The van der Waals surface area contributed by atoms with E-state index in [9.17, 15) is 35.2 Å². The van der Waals surface area contributed by atoms with Crippen LogP contribution in [0, 0.1) is 0 Å². The third-order valence-electron chi connectivity index (χ3n) is 6.44. The van der Waals surface area contributed by atoms with Gasteiger partial charge in [0.2, 0.25) is 10.0 Å². The van der Waals surface area contributed by atoms with Gasteiger partial charge in [-0.05, 0) is 50.0 Å². The maximum atomic E-state index is 13.3. The van der Waals surface area contributed by atoms with Crippen molar-refractivity contribution < 1.29 is 40.4 Å². The molecular formula is C20H27F5N4O4S. The molecule has 2 aliphatic rings. The summed E-state index contributed by atoms with van der Waals surface area (Å²) in [5.74, 6) is -5.71. The molecule has 1 aromatic rings. The van der Waals surface area contributed by atoms with Gasteiger partial charge in [0.25, 0.3) is 5.91 Å². The van der Waals surface area contributed by atoms with E-state index in [2.05, 4.69) is 5.32 Å². The van der Waals surface area contributed by atoms with Gasteiger partial charge in [-0.1, -0.05) is 12.1 Å². The van der Waals surface area contributed by atoms with Gasteiger partial charge >= 0.3 is 12.1 Å². The summed E-state index contributed by atoms with van der Waals surface area (Å²) in [6.45, 7) is 1.40. The minimum atomic E-state index is -5.59. The van der Waals surface area contributed by atoms with Gasteiger partial charge in [-0.15, -0.1) is 0 Å². The van der Waals surface area contributed by atoms with Gasteiger partial charge < -0.3 is 10.2 Å². The number of hydrogen-bond acceptors (Lipinski definition) is 6. The Morgan fingerprint density at radius 1 is 1.03 bits per heavy atom. The average molecular weight is 515 g/mol. The number of alkyl halides is 5. The Bertz CT molecular complexity index is 958. The molecule has 0 saturated carbocycles. The van der Waals surface area contributed by atoms with E-state index in [4.69, 9.17) is 5.21 Å². The number of carbonyl (C=O) groups excluding carboxylic acids is 1. The van der Waals surface area contributed by atoms with Crippen molar-refractivity contribution in [1.29, 1.82) is 0 Å². The van der Waals surface area contributed by atoms with Crippen molar-refractivity contribution in [3.63, 3.8) is 0 Å². The Hall–Kier alpha value is -2.03. The van der Waals surface area contributed by atoms with Crippen molar-refractivity contribution in [2.45, 2.75) is 42.5 Å². The smallest absolute Gasteiger partial charge is 0.369 e. The number of nitrogens with one attached hydrogen (secondary N) is 2. The van der Waals surface area contributed by atoms with E-state index in [1.165, 1.54) is 21.9 Å². The number of hydrogen-bond donors (Lipinski definition) is 3. The maximum absolute atomic E-state index is 13.3. The molecule has 14 heteroatoms. The number of piperazine rings is 1. The Kier molecular flexibility index (Phi) is 7.75. The van der Waals surface area contributed by atoms with Crippen LogP contribution in [0.15, 0.2) is 24.3 Å². The molecule has 0 atom stereocenters. The first-order valence-corrected chi connectivity index (χ1v) is 12.2. The summed E-state index contributed by atoms with van der Waals surface area (Å²) in [6.07, 6.45) is -7.32. The number of hydroxylamine groups is 1. The summed E-state index contributed by atoms with van der Waals surface area (Å²) in [5, 5.41) is 12.1. The number of amides is 1.